The molecule has 168 valence electrons. The minimum atomic E-state index is -0.724. The smallest absolute Gasteiger partial charge is 0.338 e. The van der Waals surface area contributed by atoms with Crippen molar-refractivity contribution >= 4 is 29.1 Å². The number of esters is 1. The fourth-order valence-electron chi connectivity index (χ4n) is 3.64. The standard InChI is InChI=1S/C23H19N3O6S/c1-13-19(22(28)32-3)20(15-6-10-17(31-2)11-7-15)25-21(27)18(33-23(25)24-13)12-14-4-8-16(9-5-14)26(29)30/h4-12,20H,1-3H3. The molecule has 0 amide bonds. The number of hydrogen-bond acceptors (Lipinski definition) is 8. The van der Waals surface area contributed by atoms with Crippen molar-refractivity contribution in [3.8, 4) is 5.75 Å². The molecule has 1 aliphatic heterocycles. The summed E-state index contributed by atoms with van der Waals surface area (Å²) < 4.78 is 12.1. The highest BCUT2D eigenvalue weighted by atomic mass is 32.1. The van der Waals surface area contributed by atoms with Crippen LogP contribution in [-0.2, 0) is 9.53 Å². The number of thiazole rings is 1. The first-order valence-electron chi connectivity index (χ1n) is 9.83. The molecule has 4 rings (SSSR count). The summed E-state index contributed by atoms with van der Waals surface area (Å²) in [5.74, 6) is 0.0753. The van der Waals surface area contributed by atoms with E-state index in [-0.39, 0.29) is 16.8 Å². The van der Waals surface area contributed by atoms with Crippen molar-refractivity contribution in [3.63, 3.8) is 0 Å². The Morgan fingerprint density at radius 3 is 2.39 bits per heavy atom. The van der Waals surface area contributed by atoms with Gasteiger partial charge in [0.05, 0.1) is 41.0 Å². The van der Waals surface area contributed by atoms with Crippen LogP contribution in [0.4, 0.5) is 5.69 Å². The first kappa shape index (κ1) is 22.2. The molecule has 1 aromatic heterocycles. The van der Waals surface area contributed by atoms with Crippen LogP contribution in [0.1, 0.15) is 24.1 Å². The third-order valence-electron chi connectivity index (χ3n) is 5.26. The SMILES string of the molecule is COC(=O)C1=C(C)N=c2sc(=Cc3ccc([N+](=O)[O-])cc3)c(=O)n2C1c1ccc(OC)cc1. The molecule has 0 spiro atoms. The molecule has 10 heteroatoms. The number of nitro groups is 1. The van der Waals surface area contributed by atoms with Gasteiger partial charge in [-0.05, 0) is 48.4 Å². The van der Waals surface area contributed by atoms with Gasteiger partial charge in [-0.2, -0.15) is 0 Å². The Labute approximate surface area is 191 Å². The molecule has 33 heavy (non-hydrogen) atoms. The summed E-state index contributed by atoms with van der Waals surface area (Å²) in [5.41, 5.74) is 1.71. The lowest BCUT2D eigenvalue weighted by molar-refractivity contribution is -0.384. The van der Waals surface area contributed by atoms with Gasteiger partial charge in [-0.1, -0.05) is 23.5 Å². The van der Waals surface area contributed by atoms with Gasteiger partial charge in [0.1, 0.15) is 5.75 Å². The van der Waals surface area contributed by atoms with Crippen LogP contribution in [0.25, 0.3) is 6.08 Å². The van der Waals surface area contributed by atoms with Crippen molar-refractivity contribution in [2.75, 3.05) is 14.2 Å². The second-order valence-electron chi connectivity index (χ2n) is 7.20. The van der Waals surface area contributed by atoms with Crippen LogP contribution in [0.5, 0.6) is 5.75 Å². The maximum Gasteiger partial charge on any atom is 0.338 e. The zero-order valence-corrected chi connectivity index (χ0v) is 18.8. The molecule has 9 nitrogen and oxygen atoms in total. The summed E-state index contributed by atoms with van der Waals surface area (Å²) in [6, 6.07) is 12.3. The molecule has 3 aromatic rings. The van der Waals surface area contributed by atoms with E-state index in [1.54, 1.807) is 56.5 Å². The average Bonchev–Trinajstić information content (AvgIpc) is 3.12. The Morgan fingerprint density at radius 2 is 1.82 bits per heavy atom. The Hall–Kier alpha value is -4.05. The summed E-state index contributed by atoms with van der Waals surface area (Å²) >= 11 is 1.18. The summed E-state index contributed by atoms with van der Waals surface area (Å²) in [5, 5.41) is 10.9. The molecular weight excluding hydrogens is 446 g/mol. The highest BCUT2D eigenvalue weighted by Crippen LogP contribution is 2.31. The van der Waals surface area contributed by atoms with Crippen LogP contribution >= 0.6 is 11.3 Å². The molecule has 2 heterocycles. The lowest BCUT2D eigenvalue weighted by Crippen LogP contribution is -2.39. The first-order valence-corrected chi connectivity index (χ1v) is 10.6. The molecule has 1 atom stereocenters. The van der Waals surface area contributed by atoms with E-state index >= 15 is 0 Å². The number of benzene rings is 2. The lowest BCUT2D eigenvalue weighted by atomic mass is 9.96. The van der Waals surface area contributed by atoms with Crippen LogP contribution in [0.2, 0.25) is 0 Å². The van der Waals surface area contributed by atoms with E-state index in [9.17, 15) is 19.7 Å². The van der Waals surface area contributed by atoms with Crippen LogP contribution in [0, 0.1) is 10.1 Å². The van der Waals surface area contributed by atoms with Crippen molar-refractivity contribution in [2.24, 2.45) is 4.99 Å². The zero-order chi connectivity index (χ0) is 23.7. The molecule has 0 aliphatic carbocycles. The van der Waals surface area contributed by atoms with Crippen LogP contribution in [-0.4, -0.2) is 29.7 Å². The van der Waals surface area contributed by atoms with E-state index in [0.717, 1.165) is 0 Å². The summed E-state index contributed by atoms with van der Waals surface area (Å²) in [6.45, 7) is 1.70. The average molecular weight is 465 g/mol. The number of nitro benzene ring substituents is 1. The number of allylic oxidation sites excluding steroid dienone is 1. The highest BCUT2D eigenvalue weighted by molar-refractivity contribution is 7.07. The second-order valence-corrected chi connectivity index (χ2v) is 8.20. The molecular formula is C23H19N3O6S. The Morgan fingerprint density at radius 1 is 1.15 bits per heavy atom. The van der Waals surface area contributed by atoms with Crippen LogP contribution in [0.3, 0.4) is 0 Å². The van der Waals surface area contributed by atoms with Crippen LogP contribution < -0.4 is 19.6 Å². The fourth-order valence-corrected chi connectivity index (χ4v) is 4.68. The highest BCUT2D eigenvalue weighted by Gasteiger charge is 2.33. The van der Waals surface area contributed by atoms with Gasteiger partial charge in [0.15, 0.2) is 4.80 Å². The summed E-state index contributed by atoms with van der Waals surface area (Å²) in [7, 11) is 2.84. The Balaban J connectivity index is 1.90. The molecule has 0 N–H and O–H groups in total. The number of non-ortho nitro benzene ring substituents is 1. The van der Waals surface area contributed by atoms with Gasteiger partial charge < -0.3 is 9.47 Å². The monoisotopic (exact) mass is 465 g/mol. The van der Waals surface area contributed by atoms with E-state index in [4.69, 9.17) is 9.47 Å². The van der Waals surface area contributed by atoms with Gasteiger partial charge in [0.2, 0.25) is 0 Å². The Bertz CT molecular complexity index is 1450. The molecule has 0 saturated heterocycles. The third-order valence-corrected chi connectivity index (χ3v) is 6.24. The zero-order valence-electron chi connectivity index (χ0n) is 18.0. The minimum absolute atomic E-state index is 0.0357. The lowest BCUT2D eigenvalue weighted by Gasteiger charge is -2.24. The number of carbonyl (C=O) groups is 1. The van der Waals surface area contributed by atoms with Gasteiger partial charge in [0.25, 0.3) is 11.2 Å². The number of methoxy groups -OCH3 is 2. The van der Waals surface area contributed by atoms with Gasteiger partial charge >= 0.3 is 5.97 Å². The summed E-state index contributed by atoms with van der Waals surface area (Å²) in [6.07, 6.45) is 1.65. The van der Waals surface area contributed by atoms with E-state index < -0.39 is 16.9 Å². The van der Waals surface area contributed by atoms with Crippen molar-refractivity contribution in [3.05, 3.63) is 101 Å². The van der Waals surface area contributed by atoms with Crippen molar-refractivity contribution < 1.29 is 19.2 Å². The van der Waals surface area contributed by atoms with Crippen LogP contribution in [0.15, 0.2) is 69.6 Å². The predicted octanol–water partition coefficient (Wildman–Crippen LogP) is 2.33. The van der Waals surface area contributed by atoms with Gasteiger partial charge in [-0.25, -0.2) is 9.79 Å². The topological polar surface area (TPSA) is 113 Å². The number of nitrogens with zero attached hydrogens (tertiary/aromatic N) is 3. The molecule has 2 aromatic carbocycles. The molecule has 0 fully saturated rings. The number of rotatable bonds is 5. The maximum atomic E-state index is 13.4. The number of fused-ring (bicyclic) bond motifs is 1. The number of ether oxygens (including phenoxy) is 2. The number of hydrogen-bond donors (Lipinski definition) is 0. The predicted molar refractivity (Wildman–Crippen MR) is 122 cm³/mol. The third kappa shape index (κ3) is 4.08. The molecule has 1 unspecified atom stereocenters. The van der Waals surface area contributed by atoms with E-state index in [0.29, 0.717) is 31.9 Å². The van der Waals surface area contributed by atoms with Gasteiger partial charge in [0, 0.05) is 12.1 Å². The molecule has 1 aliphatic rings. The largest absolute Gasteiger partial charge is 0.497 e. The fraction of sp³-hybridized carbons (Fsp3) is 0.174. The minimum Gasteiger partial charge on any atom is -0.497 e. The number of carbonyl (C=O) groups excluding carboxylic acids is 1. The molecule has 0 bridgehead atoms. The quantitative estimate of drug-likeness (QED) is 0.325. The van der Waals surface area contributed by atoms with Crippen molar-refractivity contribution in [1.82, 2.24) is 4.57 Å². The van der Waals surface area contributed by atoms with Crippen molar-refractivity contribution in [2.45, 2.75) is 13.0 Å². The second kappa shape index (κ2) is 8.83. The van der Waals surface area contributed by atoms with E-state index in [2.05, 4.69) is 4.99 Å². The maximum absolute atomic E-state index is 13.4. The van der Waals surface area contributed by atoms with E-state index in [1.807, 2.05) is 0 Å². The van der Waals surface area contributed by atoms with Gasteiger partial charge in [-0.3, -0.25) is 19.5 Å². The van der Waals surface area contributed by atoms with Crippen molar-refractivity contribution in [1.29, 1.82) is 0 Å². The molecule has 0 saturated carbocycles. The molecule has 0 radical (unpaired) electrons. The summed E-state index contributed by atoms with van der Waals surface area (Å²) in [4.78, 5) is 41.4. The van der Waals surface area contributed by atoms with E-state index in [1.165, 1.54) is 35.1 Å². The van der Waals surface area contributed by atoms with Gasteiger partial charge in [-0.15, -0.1) is 0 Å². The normalized spacial score (nSPS) is 15.6. The first-order chi connectivity index (χ1) is 15.8. The Kier molecular flexibility index (Phi) is 5.93. The number of aromatic nitrogens is 1.